The molecule has 0 radical (unpaired) electrons. The molecule has 0 bridgehead atoms. The number of aliphatic carboxylic acids is 2. The molecule has 324 valence electrons. The second kappa shape index (κ2) is 16.3. The molecule has 20 heteroatoms. The molecule has 2 heterocycles. The molecule has 0 aliphatic heterocycles. The van der Waals surface area contributed by atoms with Gasteiger partial charge in [-0.1, -0.05) is 0 Å². The Labute approximate surface area is 343 Å². The van der Waals surface area contributed by atoms with Crippen molar-refractivity contribution in [2.75, 3.05) is 14.2 Å². The van der Waals surface area contributed by atoms with Crippen LogP contribution in [0, 0.1) is 25.5 Å². The Balaban J connectivity index is 1.44. The Kier molecular flexibility index (Phi) is 11.7. The van der Waals surface area contributed by atoms with Gasteiger partial charge in [-0.2, -0.15) is 26.3 Å². The number of ether oxygens (including phenoxy) is 2. The van der Waals surface area contributed by atoms with Gasteiger partial charge in [0.05, 0.1) is 42.8 Å². The van der Waals surface area contributed by atoms with Crippen LogP contribution in [-0.4, -0.2) is 69.3 Å². The number of carbonyl (C=O) groups is 5. The second-order valence-corrected chi connectivity index (χ2v) is 13.9. The summed E-state index contributed by atoms with van der Waals surface area (Å²) in [6.07, 6.45) is -10.3. The molecular formula is C42H31F8N3O9. The van der Waals surface area contributed by atoms with E-state index >= 15 is 8.78 Å². The molecule has 0 fully saturated rings. The summed E-state index contributed by atoms with van der Waals surface area (Å²) in [5, 5.41) is 23.0. The molecule has 2 atom stereocenters. The third-order valence-corrected chi connectivity index (χ3v) is 10.3. The maximum atomic E-state index is 15.2. The quantitative estimate of drug-likeness (QED) is 0.110. The maximum Gasteiger partial charge on any atom is 0.416 e. The van der Waals surface area contributed by atoms with Crippen LogP contribution in [0.15, 0.2) is 72.8 Å². The van der Waals surface area contributed by atoms with Crippen LogP contribution in [0.5, 0.6) is 11.5 Å². The number of fused-ring (bicyclic) bond motifs is 2. The van der Waals surface area contributed by atoms with Gasteiger partial charge in [-0.25, -0.2) is 13.6 Å². The number of carboxylic acid groups (broad SMARTS) is 2. The molecular weight excluding hydrogens is 842 g/mol. The van der Waals surface area contributed by atoms with Crippen LogP contribution < -0.4 is 14.8 Å². The first-order valence-electron chi connectivity index (χ1n) is 17.9. The number of amides is 1. The molecule has 0 aliphatic rings. The Bertz CT molecular complexity index is 2810. The third-order valence-electron chi connectivity index (χ3n) is 10.3. The van der Waals surface area contributed by atoms with Gasteiger partial charge in [-0.15, -0.1) is 0 Å². The summed E-state index contributed by atoms with van der Waals surface area (Å²) >= 11 is 0. The van der Waals surface area contributed by atoms with Crippen molar-refractivity contribution in [1.29, 1.82) is 0 Å². The van der Waals surface area contributed by atoms with Crippen LogP contribution in [0.3, 0.4) is 0 Å². The van der Waals surface area contributed by atoms with Crippen molar-refractivity contribution in [3.8, 4) is 11.5 Å². The molecule has 0 aliphatic carbocycles. The SMILES string of the molecule is COc1cc2c(CC(=O)NC(C(=O)O)C(C(=O)O)c3c(C)n(C(=O)c4ccc(C(F)(F)F)cc4)c4cc(F)c(OC)cc34)c(C)n(C(=O)c3ccc(C(F)(F)F)cc3)c2cc1F. The summed E-state index contributed by atoms with van der Waals surface area (Å²) < 4.78 is 122. The molecule has 4 aromatic carbocycles. The summed E-state index contributed by atoms with van der Waals surface area (Å²) in [6.45, 7) is 2.50. The number of nitrogens with zero attached hydrogens (tertiary/aromatic N) is 2. The first-order chi connectivity index (χ1) is 29.0. The van der Waals surface area contributed by atoms with E-state index in [4.69, 9.17) is 9.47 Å². The predicted octanol–water partition coefficient (Wildman–Crippen LogP) is 7.90. The number of carboxylic acids is 2. The van der Waals surface area contributed by atoms with Crippen LogP contribution in [0.1, 0.15) is 60.3 Å². The van der Waals surface area contributed by atoms with Gasteiger partial charge in [0.1, 0.15) is 12.0 Å². The average Bonchev–Trinajstić information content (AvgIpc) is 3.62. The molecule has 0 spiro atoms. The summed E-state index contributed by atoms with van der Waals surface area (Å²) in [7, 11) is 2.19. The average molecular weight is 874 g/mol. The van der Waals surface area contributed by atoms with Crippen molar-refractivity contribution in [3.63, 3.8) is 0 Å². The Morgan fingerprint density at radius 2 is 1.06 bits per heavy atom. The number of hydrogen-bond donors (Lipinski definition) is 3. The van der Waals surface area contributed by atoms with E-state index in [1.165, 1.54) is 13.8 Å². The van der Waals surface area contributed by atoms with Crippen LogP contribution in [0.2, 0.25) is 0 Å². The summed E-state index contributed by atoms with van der Waals surface area (Å²) in [5.74, 6) is -12.0. The van der Waals surface area contributed by atoms with Crippen molar-refractivity contribution < 1.29 is 78.8 Å². The van der Waals surface area contributed by atoms with E-state index < -0.39 is 94.5 Å². The number of rotatable bonds is 11. The summed E-state index contributed by atoms with van der Waals surface area (Å²) in [5.41, 5.74) is -4.02. The normalized spacial score (nSPS) is 12.9. The van der Waals surface area contributed by atoms with Gasteiger partial charge in [0.25, 0.3) is 11.8 Å². The van der Waals surface area contributed by atoms with Gasteiger partial charge in [0, 0.05) is 45.4 Å². The fraction of sp³-hybridized carbons (Fsp3) is 0.214. The predicted molar refractivity (Wildman–Crippen MR) is 202 cm³/mol. The number of aromatic nitrogens is 2. The number of alkyl halides is 6. The van der Waals surface area contributed by atoms with E-state index in [-0.39, 0.29) is 55.6 Å². The van der Waals surface area contributed by atoms with E-state index in [0.717, 1.165) is 71.9 Å². The van der Waals surface area contributed by atoms with Crippen LogP contribution in [-0.2, 0) is 33.2 Å². The second-order valence-electron chi connectivity index (χ2n) is 13.9. The number of carbonyl (C=O) groups excluding carboxylic acids is 3. The van der Waals surface area contributed by atoms with Crippen LogP contribution >= 0.6 is 0 Å². The number of hydrogen-bond acceptors (Lipinski definition) is 7. The molecule has 6 aromatic rings. The minimum Gasteiger partial charge on any atom is -0.494 e. The van der Waals surface area contributed by atoms with Crippen LogP contribution in [0.4, 0.5) is 35.1 Å². The molecule has 6 rings (SSSR count). The van der Waals surface area contributed by atoms with Crippen molar-refractivity contribution >= 4 is 51.5 Å². The first-order valence-corrected chi connectivity index (χ1v) is 17.9. The smallest absolute Gasteiger partial charge is 0.416 e. The largest absolute Gasteiger partial charge is 0.494 e. The monoisotopic (exact) mass is 873 g/mol. The highest BCUT2D eigenvalue weighted by atomic mass is 19.4. The lowest BCUT2D eigenvalue weighted by Crippen LogP contribution is -2.48. The van der Waals surface area contributed by atoms with Gasteiger partial charge in [-0.05, 0) is 85.6 Å². The van der Waals surface area contributed by atoms with Crippen LogP contribution in [0.25, 0.3) is 21.8 Å². The highest BCUT2D eigenvalue weighted by Gasteiger charge is 2.41. The third kappa shape index (κ3) is 8.02. The number of halogens is 8. The van der Waals surface area contributed by atoms with Gasteiger partial charge in [-0.3, -0.25) is 28.3 Å². The van der Waals surface area contributed by atoms with Crippen molar-refractivity contribution in [3.05, 3.63) is 129 Å². The van der Waals surface area contributed by atoms with Crippen molar-refractivity contribution in [2.45, 2.75) is 44.6 Å². The summed E-state index contributed by atoms with van der Waals surface area (Å²) in [4.78, 5) is 67.6. The first kappa shape index (κ1) is 44.3. The van der Waals surface area contributed by atoms with E-state index in [2.05, 4.69) is 5.32 Å². The van der Waals surface area contributed by atoms with Crippen molar-refractivity contribution in [2.24, 2.45) is 0 Å². The lowest BCUT2D eigenvalue weighted by atomic mass is 9.88. The van der Waals surface area contributed by atoms with Crippen molar-refractivity contribution in [1.82, 2.24) is 14.5 Å². The fourth-order valence-corrected chi connectivity index (χ4v) is 7.34. The molecule has 3 N–H and O–H groups in total. The topological polar surface area (TPSA) is 166 Å². The molecule has 0 saturated heterocycles. The Morgan fingerprint density at radius 1 is 0.645 bits per heavy atom. The Morgan fingerprint density at radius 3 is 1.47 bits per heavy atom. The molecule has 2 unspecified atom stereocenters. The fourth-order valence-electron chi connectivity index (χ4n) is 7.34. The van der Waals surface area contributed by atoms with Gasteiger partial charge < -0.3 is 25.0 Å². The highest BCUT2D eigenvalue weighted by Crippen LogP contribution is 2.39. The zero-order valence-corrected chi connectivity index (χ0v) is 32.5. The zero-order chi connectivity index (χ0) is 45.7. The zero-order valence-electron chi connectivity index (χ0n) is 32.5. The van der Waals surface area contributed by atoms with E-state index in [9.17, 15) is 60.5 Å². The van der Waals surface area contributed by atoms with Gasteiger partial charge >= 0.3 is 24.3 Å². The molecule has 12 nitrogen and oxygen atoms in total. The lowest BCUT2D eigenvalue weighted by molar-refractivity contribution is -0.149. The minimum absolute atomic E-state index is 0.0210. The standard InChI is InChI=1S/C42H31F8N3O9/c1-18-24(25-13-31(61-3)27(43)16-29(25)52(18)37(55)20-5-9-22(10-6-20)41(45,46)47)15-33(54)51-36(40(59)60)35(39(57)58)34-19(2)53(30-17-28(44)32(62-4)14-26(30)34)38(56)21-7-11-23(12-8-21)42(48,49)50/h5-14,16-17,35-36H,15H2,1-4H3,(H,51,54)(H,57,58)(H,59,60). The molecule has 62 heavy (non-hydrogen) atoms. The van der Waals surface area contributed by atoms with E-state index in [0.29, 0.717) is 24.3 Å². The number of nitrogens with one attached hydrogen (secondary N) is 1. The number of benzene rings is 4. The minimum atomic E-state index is -4.76. The van der Waals surface area contributed by atoms with Gasteiger partial charge in [0.2, 0.25) is 5.91 Å². The molecule has 2 aromatic heterocycles. The van der Waals surface area contributed by atoms with E-state index in [1.54, 1.807) is 0 Å². The number of methoxy groups -OCH3 is 2. The lowest BCUT2D eigenvalue weighted by Gasteiger charge is -2.23. The highest BCUT2D eigenvalue weighted by molar-refractivity contribution is 6.07. The Hall–Kier alpha value is -7.25. The van der Waals surface area contributed by atoms with E-state index in [1.807, 2.05) is 0 Å². The summed E-state index contributed by atoms with van der Waals surface area (Å²) in [6, 6.07) is 7.44. The van der Waals surface area contributed by atoms with Gasteiger partial charge in [0.15, 0.2) is 23.1 Å². The molecule has 0 saturated carbocycles. The molecule has 1 amide bonds. The maximum absolute atomic E-state index is 15.2.